The average Bonchev–Trinajstić information content (AvgIpc) is 3.01. The SMILES string of the molecule is Cc1ccc(C)c(OCc2ccccc2C(=O)c2ccnn2C)c1. The molecule has 0 amide bonds. The zero-order valence-electron chi connectivity index (χ0n) is 14.1. The molecular weight excluding hydrogens is 300 g/mol. The van der Waals surface area contributed by atoms with E-state index in [4.69, 9.17) is 4.74 Å². The minimum atomic E-state index is -0.0461. The van der Waals surface area contributed by atoms with Gasteiger partial charge in [-0.3, -0.25) is 9.48 Å². The smallest absolute Gasteiger partial charge is 0.211 e. The molecule has 4 nitrogen and oxygen atoms in total. The first kappa shape index (κ1) is 16.0. The van der Waals surface area contributed by atoms with E-state index in [1.54, 1.807) is 24.0 Å². The highest BCUT2D eigenvalue weighted by molar-refractivity contribution is 6.08. The third-order valence-corrected chi connectivity index (χ3v) is 4.04. The summed E-state index contributed by atoms with van der Waals surface area (Å²) in [5.74, 6) is 0.799. The van der Waals surface area contributed by atoms with Crippen molar-refractivity contribution >= 4 is 5.78 Å². The van der Waals surface area contributed by atoms with Gasteiger partial charge in [0.2, 0.25) is 5.78 Å². The molecule has 122 valence electrons. The van der Waals surface area contributed by atoms with Crippen LogP contribution >= 0.6 is 0 Å². The molecule has 0 saturated carbocycles. The lowest BCUT2D eigenvalue weighted by molar-refractivity contribution is 0.102. The second kappa shape index (κ2) is 6.71. The maximum Gasteiger partial charge on any atom is 0.211 e. The van der Waals surface area contributed by atoms with E-state index in [-0.39, 0.29) is 5.78 Å². The molecule has 0 unspecified atom stereocenters. The van der Waals surface area contributed by atoms with Crippen molar-refractivity contribution in [2.75, 3.05) is 0 Å². The molecule has 0 fully saturated rings. The first-order valence-electron chi connectivity index (χ1n) is 7.87. The maximum absolute atomic E-state index is 12.8. The predicted molar refractivity (Wildman–Crippen MR) is 93.3 cm³/mol. The maximum atomic E-state index is 12.8. The number of rotatable bonds is 5. The van der Waals surface area contributed by atoms with Gasteiger partial charge in [0.05, 0.1) is 0 Å². The van der Waals surface area contributed by atoms with Crippen molar-refractivity contribution in [3.05, 3.63) is 82.7 Å². The number of aromatic nitrogens is 2. The first-order valence-corrected chi connectivity index (χ1v) is 7.87. The van der Waals surface area contributed by atoms with Crippen molar-refractivity contribution in [2.45, 2.75) is 20.5 Å². The normalized spacial score (nSPS) is 10.6. The molecule has 0 radical (unpaired) electrons. The molecule has 0 atom stereocenters. The minimum absolute atomic E-state index is 0.0461. The van der Waals surface area contributed by atoms with E-state index in [0.29, 0.717) is 17.9 Å². The van der Waals surface area contributed by atoms with Gasteiger partial charge in [0.15, 0.2) is 0 Å². The van der Waals surface area contributed by atoms with Gasteiger partial charge in [0, 0.05) is 24.4 Å². The zero-order valence-corrected chi connectivity index (χ0v) is 14.1. The summed E-state index contributed by atoms with van der Waals surface area (Å²) in [6.07, 6.45) is 1.63. The van der Waals surface area contributed by atoms with E-state index >= 15 is 0 Å². The minimum Gasteiger partial charge on any atom is -0.489 e. The molecule has 1 aromatic heterocycles. The largest absolute Gasteiger partial charge is 0.489 e. The van der Waals surface area contributed by atoms with E-state index in [9.17, 15) is 4.79 Å². The summed E-state index contributed by atoms with van der Waals surface area (Å²) < 4.78 is 7.56. The van der Waals surface area contributed by atoms with Crippen LogP contribution in [0.5, 0.6) is 5.75 Å². The van der Waals surface area contributed by atoms with Crippen molar-refractivity contribution in [3.8, 4) is 5.75 Å². The van der Waals surface area contributed by atoms with Crippen LogP contribution < -0.4 is 4.74 Å². The molecule has 0 bridgehead atoms. The number of aryl methyl sites for hydroxylation is 3. The number of hydrogen-bond acceptors (Lipinski definition) is 3. The Kier molecular flexibility index (Phi) is 4.47. The lowest BCUT2D eigenvalue weighted by Crippen LogP contribution is -2.12. The van der Waals surface area contributed by atoms with E-state index in [2.05, 4.69) is 11.2 Å². The summed E-state index contributed by atoms with van der Waals surface area (Å²) >= 11 is 0. The molecule has 0 aliphatic rings. The number of ether oxygens (including phenoxy) is 1. The Hall–Kier alpha value is -2.88. The second-order valence-corrected chi connectivity index (χ2v) is 5.88. The van der Waals surface area contributed by atoms with Gasteiger partial charge >= 0.3 is 0 Å². The Morgan fingerprint density at radius 1 is 1.12 bits per heavy atom. The topological polar surface area (TPSA) is 44.1 Å². The summed E-state index contributed by atoms with van der Waals surface area (Å²) in [4.78, 5) is 12.8. The Labute approximate surface area is 141 Å². The summed E-state index contributed by atoms with van der Waals surface area (Å²) in [5.41, 5.74) is 4.30. The Morgan fingerprint density at radius 2 is 1.92 bits per heavy atom. The van der Waals surface area contributed by atoms with Crippen LogP contribution in [0, 0.1) is 13.8 Å². The Balaban J connectivity index is 1.86. The molecule has 0 saturated heterocycles. The molecule has 0 aliphatic carbocycles. The van der Waals surface area contributed by atoms with Gasteiger partial charge in [0.25, 0.3) is 0 Å². The van der Waals surface area contributed by atoms with E-state index in [1.807, 2.05) is 50.2 Å². The summed E-state index contributed by atoms with van der Waals surface area (Å²) in [7, 11) is 1.77. The fourth-order valence-corrected chi connectivity index (χ4v) is 2.62. The molecule has 24 heavy (non-hydrogen) atoms. The van der Waals surface area contributed by atoms with Crippen LogP contribution in [-0.4, -0.2) is 15.6 Å². The monoisotopic (exact) mass is 320 g/mol. The molecule has 3 aromatic rings. The van der Waals surface area contributed by atoms with Gasteiger partial charge in [-0.2, -0.15) is 5.10 Å². The summed E-state index contributed by atoms with van der Waals surface area (Å²) in [6.45, 7) is 4.40. The highest BCUT2D eigenvalue weighted by atomic mass is 16.5. The van der Waals surface area contributed by atoms with Crippen molar-refractivity contribution < 1.29 is 9.53 Å². The van der Waals surface area contributed by atoms with Crippen molar-refractivity contribution in [1.29, 1.82) is 0 Å². The summed E-state index contributed by atoms with van der Waals surface area (Å²) in [5, 5.41) is 4.07. The fraction of sp³-hybridized carbons (Fsp3) is 0.200. The Morgan fingerprint density at radius 3 is 2.67 bits per heavy atom. The first-order chi connectivity index (χ1) is 11.6. The molecule has 1 heterocycles. The predicted octanol–water partition coefficient (Wildman–Crippen LogP) is 3.85. The quantitative estimate of drug-likeness (QED) is 0.671. The van der Waals surface area contributed by atoms with Gasteiger partial charge in [-0.25, -0.2) is 0 Å². The standard InChI is InChI=1S/C20H20N2O2/c1-14-8-9-15(2)19(12-14)24-13-16-6-4-5-7-17(16)20(23)18-10-11-21-22(18)3/h4-12H,13H2,1-3H3. The number of nitrogens with zero attached hydrogens (tertiary/aromatic N) is 2. The number of carbonyl (C=O) groups is 1. The van der Waals surface area contributed by atoms with Crippen LogP contribution in [0.2, 0.25) is 0 Å². The van der Waals surface area contributed by atoms with Gasteiger partial charge < -0.3 is 4.74 Å². The molecular formula is C20H20N2O2. The molecule has 0 aliphatic heterocycles. The fourth-order valence-electron chi connectivity index (χ4n) is 2.62. The number of ketones is 1. The van der Waals surface area contributed by atoms with E-state index < -0.39 is 0 Å². The summed E-state index contributed by atoms with van der Waals surface area (Å²) in [6, 6.07) is 15.4. The molecule has 0 spiro atoms. The van der Waals surface area contributed by atoms with Crippen LogP contribution in [0.1, 0.15) is 32.7 Å². The Bertz CT molecular complexity index is 881. The highest BCUT2D eigenvalue weighted by Crippen LogP contribution is 2.22. The highest BCUT2D eigenvalue weighted by Gasteiger charge is 2.16. The lowest BCUT2D eigenvalue weighted by Gasteiger charge is -2.13. The second-order valence-electron chi connectivity index (χ2n) is 5.88. The van der Waals surface area contributed by atoms with Crippen LogP contribution in [0.25, 0.3) is 0 Å². The molecule has 0 N–H and O–H groups in total. The number of hydrogen-bond donors (Lipinski definition) is 0. The third kappa shape index (κ3) is 3.23. The van der Waals surface area contributed by atoms with Gasteiger partial charge in [-0.05, 0) is 37.1 Å². The van der Waals surface area contributed by atoms with E-state index in [0.717, 1.165) is 22.4 Å². The van der Waals surface area contributed by atoms with Crippen molar-refractivity contribution in [3.63, 3.8) is 0 Å². The number of carbonyl (C=O) groups excluding carboxylic acids is 1. The van der Waals surface area contributed by atoms with Crippen LogP contribution in [0.4, 0.5) is 0 Å². The van der Waals surface area contributed by atoms with Crippen LogP contribution in [0.3, 0.4) is 0 Å². The van der Waals surface area contributed by atoms with Crippen LogP contribution in [-0.2, 0) is 13.7 Å². The van der Waals surface area contributed by atoms with Crippen molar-refractivity contribution in [1.82, 2.24) is 9.78 Å². The molecule has 2 aromatic carbocycles. The van der Waals surface area contributed by atoms with E-state index in [1.165, 1.54) is 0 Å². The van der Waals surface area contributed by atoms with Gasteiger partial charge in [-0.1, -0.05) is 36.4 Å². The van der Waals surface area contributed by atoms with Gasteiger partial charge in [0.1, 0.15) is 18.1 Å². The van der Waals surface area contributed by atoms with Crippen molar-refractivity contribution in [2.24, 2.45) is 7.05 Å². The zero-order chi connectivity index (χ0) is 17.1. The third-order valence-electron chi connectivity index (χ3n) is 4.04. The lowest BCUT2D eigenvalue weighted by atomic mass is 10.0. The van der Waals surface area contributed by atoms with Gasteiger partial charge in [-0.15, -0.1) is 0 Å². The number of benzene rings is 2. The molecule has 3 rings (SSSR count). The van der Waals surface area contributed by atoms with Crippen LogP contribution in [0.15, 0.2) is 54.7 Å². The molecule has 4 heteroatoms. The average molecular weight is 320 g/mol.